The molecule has 0 atom stereocenters. The monoisotopic (exact) mass is 437 g/mol. The number of hydrogen-bond donors (Lipinski definition) is 0. The molecule has 1 aromatic carbocycles. The molecule has 8 heteroatoms. The summed E-state index contributed by atoms with van der Waals surface area (Å²) in [5.41, 5.74) is 2.27. The summed E-state index contributed by atoms with van der Waals surface area (Å²) in [6.45, 7) is 2.55. The number of carbonyl (C=O) groups is 1. The van der Waals surface area contributed by atoms with Crippen LogP contribution in [0.5, 0.6) is 0 Å². The first kappa shape index (κ1) is 20.3. The van der Waals surface area contributed by atoms with E-state index in [1.807, 2.05) is 35.2 Å². The number of nitrogens with zero attached hydrogens (tertiary/aromatic N) is 5. The average Bonchev–Trinajstić information content (AvgIpc) is 2.98. The van der Waals surface area contributed by atoms with E-state index in [1.165, 1.54) is 22.9 Å². The second-order valence-electron chi connectivity index (χ2n) is 8.28. The molecule has 0 radical (unpaired) electrons. The first-order valence-corrected chi connectivity index (χ1v) is 12.2. The Morgan fingerprint density at radius 1 is 0.968 bits per heavy atom. The minimum absolute atomic E-state index is 0.111. The van der Waals surface area contributed by atoms with E-state index >= 15 is 0 Å². The van der Waals surface area contributed by atoms with E-state index in [4.69, 9.17) is 4.98 Å². The second kappa shape index (κ2) is 8.86. The Bertz CT molecular complexity index is 1100. The number of amides is 1. The van der Waals surface area contributed by atoms with Gasteiger partial charge in [-0.25, -0.2) is 4.98 Å². The van der Waals surface area contributed by atoms with Gasteiger partial charge < -0.3 is 9.47 Å². The van der Waals surface area contributed by atoms with Gasteiger partial charge in [0, 0.05) is 25.3 Å². The smallest absolute Gasteiger partial charge is 0.284 e. The van der Waals surface area contributed by atoms with Gasteiger partial charge in [-0.2, -0.15) is 4.68 Å². The average molecular weight is 438 g/mol. The molecule has 31 heavy (non-hydrogen) atoms. The highest BCUT2D eigenvalue weighted by atomic mass is 32.2. The van der Waals surface area contributed by atoms with Crippen molar-refractivity contribution in [1.29, 1.82) is 0 Å². The van der Waals surface area contributed by atoms with Gasteiger partial charge in [0.25, 0.3) is 5.56 Å². The molecule has 0 bridgehead atoms. The van der Waals surface area contributed by atoms with E-state index in [0.29, 0.717) is 17.1 Å². The van der Waals surface area contributed by atoms with Crippen molar-refractivity contribution >= 4 is 17.7 Å². The normalized spacial score (nSPS) is 16.8. The van der Waals surface area contributed by atoms with E-state index in [-0.39, 0.29) is 11.5 Å². The number of hydrogen-bond acceptors (Lipinski definition) is 5. The zero-order chi connectivity index (χ0) is 21.2. The van der Waals surface area contributed by atoms with E-state index in [0.717, 1.165) is 74.7 Å². The molecule has 0 N–H and O–H groups in total. The molecule has 1 fully saturated rings. The van der Waals surface area contributed by atoms with Crippen molar-refractivity contribution < 1.29 is 4.79 Å². The summed E-state index contributed by atoms with van der Waals surface area (Å²) >= 11 is 1.48. The van der Waals surface area contributed by atoms with Gasteiger partial charge in [-0.3, -0.25) is 9.59 Å². The summed E-state index contributed by atoms with van der Waals surface area (Å²) in [4.78, 5) is 32.7. The van der Waals surface area contributed by atoms with Crippen LogP contribution in [0.2, 0.25) is 0 Å². The highest BCUT2D eigenvalue weighted by Gasteiger charge is 2.27. The highest BCUT2D eigenvalue weighted by Crippen LogP contribution is 2.30. The van der Waals surface area contributed by atoms with Crippen LogP contribution in [0.4, 0.5) is 0 Å². The van der Waals surface area contributed by atoms with Crippen LogP contribution in [0.15, 0.2) is 40.3 Å². The maximum absolute atomic E-state index is 13.3. The molecule has 5 rings (SSSR count). The lowest BCUT2D eigenvalue weighted by atomic mass is 10.1. The molecule has 7 nitrogen and oxygen atoms in total. The Morgan fingerprint density at radius 3 is 2.52 bits per heavy atom. The molecule has 1 saturated heterocycles. The van der Waals surface area contributed by atoms with Gasteiger partial charge >= 0.3 is 0 Å². The molecule has 162 valence electrons. The number of carbonyl (C=O) groups excluding carboxylic acids is 1. The van der Waals surface area contributed by atoms with Gasteiger partial charge in [0.2, 0.25) is 5.91 Å². The van der Waals surface area contributed by atoms with Crippen LogP contribution in [-0.2, 0) is 17.8 Å². The summed E-state index contributed by atoms with van der Waals surface area (Å²) in [5, 5.41) is 5.37. The molecule has 1 amide bonds. The minimum atomic E-state index is -0.111. The molecular weight excluding hydrogens is 410 g/mol. The second-order valence-corrected chi connectivity index (χ2v) is 9.23. The summed E-state index contributed by atoms with van der Waals surface area (Å²) in [6, 6.07) is 9.48. The van der Waals surface area contributed by atoms with Crippen LogP contribution in [0.3, 0.4) is 0 Å². The van der Waals surface area contributed by atoms with Gasteiger partial charge in [0.1, 0.15) is 5.56 Å². The molecule has 4 aliphatic rings. The number of benzene rings is 1. The first-order valence-electron chi connectivity index (χ1n) is 11.2. The Morgan fingerprint density at radius 2 is 1.71 bits per heavy atom. The summed E-state index contributed by atoms with van der Waals surface area (Å²) in [6.07, 6.45) is 7.46. The van der Waals surface area contributed by atoms with Crippen LogP contribution in [-0.4, -0.2) is 49.0 Å². The zero-order valence-corrected chi connectivity index (χ0v) is 18.4. The van der Waals surface area contributed by atoms with Crippen molar-refractivity contribution in [2.45, 2.75) is 56.6 Å². The Labute approximate surface area is 185 Å². The maximum atomic E-state index is 13.3. The predicted molar refractivity (Wildman–Crippen MR) is 121 cm³/mol. The lowest BCUT2D eigenvalue weighted by molar-refractivity contribution is -0.129. The number of piperidine rings is 1. The lowest BCUT2D eigenvalue weighted by Gasteiger charge is -2.26. The van der Waals surface area contributed by atoms with Crippen molar-refractivity contribution in [1.82, 2.24) is 24.2 Å². The summed E-state index contributed by atoms with van der Waals surface area (Å²) < 4.78 is 3.62. The minimum Gasteiger partial charge on any atom is -0.342 e. The molecule has 0 spiro atoms. The number of thioether (sulfide) groups is 1. The quantitative estimate of drug-likeness (QED) is 0.462. The predicted octanol–water partition coefficient (Wildman–Crippen LogP) is 3.36. The van der Waals surface area contributed by atoms with Gasteiger partial charge in [-0.1, -0.05) is 36.4 Å². The van der Waals surface area contributed by atoms with Gasteiger partial charge in [0.15, 0.2) is 11.0 Å². The highest BCUT2D eigenvalue weighted by molar-refractivity contribution is 7.99. The molecule has 0 aliphatic carbocycles. The lowest BCUT2D eigenvalue weighted by Crippen LogP contribution is -2.36. The number of para-hydroxylation sites is 1. The van der Waals surface area contributed by atoms with E-state index in [9.17, 15) is 9.59 Å². The van der Waals surface area contributed by atoms with E-state index in [1.54, 1.807) is 0 Å². The third-order valence-electron chi connectivity index (χ3n) is 6.20. The van der Waals surface area contributed by atoms with Crippen molar-refractivity contribution in [3.05, 3.63) is 46.4 Å². The Balaban J connectivity index is 1.52. The van der Waals surface area contributed by atoms with E-state index < -0.39 is 0 Å². The third-order valence-corrected chi connectivity index (χ3v) is 7.16. The largest absolute Gasteiger partial charge is 0.342 e. The number of aromatic nitrogens is 4. The van der Waals surface area contributed by atoms with Crippen molar-refractivity contribution in [2.24, 2.45) is 0 Å². The summed E-state index contributed by atoms with van der Waals surface area (Å²) in [7, 11) is 0. The fourth-order valence-electron chi connectivity index (χ4n) is 4.57. The Hall–Kier alpha value is -2.61. The molecule has 4 aliphatic heterocycles. The fourth-order valence-corrected chi connectivity index (χ4v) is 5.51. The molecule has 4 heterocycles. The Kier molecular flexibility index (Phi) is 5.80. The van der Waals surface area contributed by atoms with Crippen LogP contribution in [0.25, 0.3) is 17.1 Å². The third kappa shape index (κ3) is 4.01. The van der Waals surface area contributed by atoms with Gasteiger partial charge in [-0.15, -0.1) is 5.10 Å². The molecule has 0 aromatic heterocycles. The number of rotatable bonds is 4. The van der Waals surface area contributed by atoms with Gasteiger partial charge in [0.05, 0.1) is 11.4 Å². The molecular formula is C23H27N5O2S. The van der Waals surface area contributed by atoms with Crippen molar-refractivity contribution in [3.63, 3.8) is 0 Å². The van der Waals surface area contributed by atoms with E-state index in [2.05, 4.69) is 9.67 Å². The van der Waals surface area contributed by atoms with Crippen LogP contribution >= 0.6 is 11.8 Å². The van der Waals surface area contributed by atoms with Crippen LogP contribution in [0.1, 0.15) is 44.2 Å². The van der Waals surface area contributed by atoms with Crippen molar-refractivity contribution in [2.75, 3.05) is 18.8 Å². The molecule has 0 saturated carbocycles. The van der Waals surface area contributed by atoms with Crippen LogP contribution in [0, 0.1) is 0 Å². The molecule has 1 aromatic rings. The zero-order valence-electron chi connectivity index (χ0n) is 17.6. The molecule has 0 unspecified atom stereocenters. The number of fused-ring (bicyclic) bond motifs is 3. The summed E-state index contributed by atoms with van der Waals surface area (Å²) in [5.74, 6) is 1.03. The first-order chi connectivity index (χ1) is 15.2. The number of likely N-dealkylation sites (tertiary alicyclic amines) is 1. The maximum Gasteiger partial charge on any atom is 0.284 e. The SMILES string of the molecule is O=C(CSc1nc2nn(-c3ccccc3)c(=O)c-2c2n1CCCCC2)N1CCCCC1. The van der Waals surface area contributed by atoms with Crippen molar-refractivity contribution in [3.8, 4) is 17.1 Å². The fraction of sp³-hybridized carbons (Fsp3) is 0.478. The topological polar surface area (TPSA) is 73.0 Å². The van der Waals surface area contributed by atoms with Crippen LogP contribution < -0.4 is 5.56 Å². The van der Waals surface area contributed by atoms with Gasteiger partial charge in [-0.05, 0) is 50.7 Å². The standard InChI is InChI=1S/C23H27N5O2S/c29-19(26-13-7-3-8-14-26)16-31-23-24-21-20(18-12-6-2-9-15-27(18)23)22(30)28(25-21)17-10-4-1-5-11-17/h1,4-5,10-11H,2-3,6-9,12-16H2.